The smallest absolute Gasteiger partial charge is 0.300 e. The molecule has 0 aliphatic carbocycles. The molecule has 0 radical (unpaired) electrons. The van der Waals surface area contributed by atoms with Gasteiger partial charge in [-0.05, 0) is 19.3 Å². The third-order valence-corrected chi connectivity index (χ3v) is 3.92. The summed E-state index contributed by atoms with van der Waals surface area (Å²) in [5, 5.41) is 7.42. The molecule has 0 bridgehead atoms. The minimum atomic E-state index is -0.833. The van der Waals surface area contributed by atoms with Crippen LogP contribution in [0.1, 0.15) is 111 Å². The lowest BCUT2D eigenvalue weighted by Gasteiger charge is -2.12. The molecular weight excluding hydrogens is 302 g/mol. The molecule has 0 amide bonds. The largest absolute Gasteiger partial charge is 0.481 e. The molecule has 0 saturated carbocycles. The fourth-order valence-electron chi connectivity index (χ4n) is 2.50. The number of carboxylic acid groups (broad SMARTS) is 1. The molecule has 0 spiro atoms. The quantitative estimate of drug-likeness (QED) is 0.270. The fourth-order valence-corrected chi connectivity index (χ4v) is 2.50. The Morgan fingerprint density at radius 1 is 0.833 bits per heavy atom. The molecule has 1 unspecified atom stereocenters. The molecule has 0 aromatic carbocycles. The van der Waals surface area contributed by atoms with Crippen LogP contribution in [-0.2, 0) is 9.53 Å². The number of carboxylic acids is 1. The Morgan fingerprint density at radius 2 is 1.21 bits per heavy atom. The highest BCUT2D eigenvalue weighted by molar-refractivity contribution is 5.62. The van der Waals surface area contributed by atoms with Crippen molar-refractivity contribution in [3.05, 3.63) is 0 Å². The average Bonchev–Trinajstić information content (AvgIpc) is 2.53. The van der Waals surface area contributed by atoms with Crippen molar-refractivity contribution in [3.8, 4) is 0 Å². The number of hydrogen-bond acceptors (Lipinski definition) is 3. The summed E-state index contributed by atoms with van der Waals surface area (Å²) in [6.07, 6.45) is 18.3. The van der Waals surface area contributed by atoms with E-state index in [1.807, 2.05) is 0 Å². The van der Waals surface area contributed by atoms with E-state index in [1.54, 1.807) is 0 Å². The molecule has 4 heteroatoms. The van der Waals surface area contributed by atoms with Gasteiger partial charge in [0.25, 0.3) is 5.97 Å². The van der Waals surface area contributed by atoms with Gasteiger partial charge in [0.2, 0.25) is 0 Å². The van der Waals surface area contributed by atoms with Gasteiger partial charge in [-0.3, -0.25) is 4.79 Å². The highest BCUT2D eigenvalue weighted by Crippen LogP contribution is 2.10. The lowest BCUT2D eigenvalue weighted by Crippen LogP contribution is -2.24. The van der Waals surface area contributed by atoms with Crippen LogP contribution in [0, 0.1) is 0 Å². The van der Waals surface area contributed by atoms with E-state index < -0.39 is 5.97 Å². The molecule has 0 aromatic heterocycles. The first-order valence-electron chi connectivity index (χ1n) is 10.1. The molecule has 24 heavy (non-hydrogen) atoms. The van der Waals surface area contributed by atoms with Crippen LogP contribution in [0.15, 0.2) is 0 Å². The first-order valence-corrected chi connectivity index (χ1v) is 10.1. The molecule has 0 aliphatic rings. The highest BCUT2D eigenvalue weighted by atomic mass is 16.5. The van der Waals surface area contributed by atoms with E-state index >= 15 is 0 Å². The highest BCUT2D eigenvalue weighted by Gasteiger charge is 2.02. The molecule has 0 fully saturated rings. The number of unbranched alkanes of at least 4 members (excludes halogenated alkanes) is 11. The van der Waals surface area contributed by atoms with Gasteiger partial charge in [-0.15, -0.1) is 0 Å². The summed E-state index contributed by atoms with van der Waals surface area (Å²) < 4.78 is 5.68. The number of hydrogen-bond donors (Lipinski definition) is 2. The van der Waals surface area contributed by atoms with E-state index in [0.29, 0.717) is 0 Å². The zero-order valence-electron chi connectivity index (χ0n) is 16.5. The zero-order chi connectivity index (χ0) is 18.5. The molecular formula is C20H43NO3. The van der Waals surface area contributed by atoms with Gasteiger partial charge in [0.05, 0.1) is 0 Å². The normalized spacial score (nSPS) is 11.7. The number of nitrogens with two attached hydrogens (primary N) is 1. The maximum atomic E-state index is 9.00. The van der Waals surface area contributed by atoms with E-state index in [4.69, 9.17) is 20.4 Å². The van der Waals surface area contributed by atoms with Crippen LogP contribution in [-0.4, -0.2) is 23.9 Å². The molecule has 0 rings (SSSR count). The summed E-state index contributed by atoms with van der Waals surface area (Å²) in [7, 11) is 0. The summed E-state index contributed by atoms with van der Waals surface area (Å²) in [6.45, 7) is 6.46. The van der Waals surface area contributed by atoms with Crippen molar-refractivity contribution in [2.75, 3.05) is 6.61 Å². The summed E-state index contributed by atoms with van der Waals surface area (Å²) in [4.78, 5) is 9.00. The monoisotopic (exact) mass is 345 g/mol. The lowest BCUT2D eigenvalue weighted by atomic mass is 10.1. The van der Waals surface area contributed by atoms with Crippen LogP contribution in [0.3, 0.4) is 0 Å². The number of rotatable bonds is 16. The second-order valence-corrected chi connectivity index (χ2v) is 6.61. The maximum absolute atomic E-state index is 9.00. The van der Waals surface area contributed by atoms with Gasteiger partial charge >= 0.3 is 0 Å². The van der Waals surface area contributed by atoms with E-state index in [9.17, 15) is 0 Å². The van der Waals surface area contributed by atoms with E-state index in [-0.39, 0.29) is 6.23 Å². The van der Waals surface area contributed by atoms with Crippen LogP contribution < -0.4 is 5.73 Å². The minimum absolute atomic E-state index is 0.0266. The summed E-state index contributed by atoms with van der Waals surface area (Å²) in [5.41, 5.74) is 5.97. The Bertz CT molecular complexity index is 243. The van der Waals surface area contributed by atoms with Crippen molar-refractivity contribution < 1.29 is 14.6 Å². The van der Waals surface area contributed by atoms with Crippen LogP contribution in [0.5, 0.6) is 0 Å². The number of ether oxygens (including phenoxy) is 1. The molecule has 3 N–H and O–H groups in total. The van der Waals surface area contributed by atoms with Gasteiger partial charge in [-0.1, -0.05) is 84.5 Å². The third kappa shape index (κ3) is 29.4. The van der Waals surface area contributed by atoms with Crippen molar-refractivity contribution in [3.63, 3.8) is 0 Å². The summed E-state index contributed by atoms with van der Waals surface area (Å²) in [5.74, 6) is -0.833. The topological polar surface area (TPSA) is 72.5 Å². The Morgan fingerprint density at radius 3 is 1.67 bits per heavy atom. The fraction of sp³-hybridized carbons (Fsp3) is 0.950. The van der Waals surface area contributed by atoms with Gasteiger partial charge in [0.15, 0.2) is 0 Å². The van der Waals surface area contributed by atoms with E-state index in [0.717, 1.165) is 20.0 Å². The molecule has 146 valence electrons. The lowest BCUT2D eigenvalue weighted by molar-refractivity contribution is -0.134. The second-order valence-electron chi connectivity index (χ2n) is 6.61. The van der Waals surface area contributed by atoms with Gasteiger partial charge in [0.1, 0.15) is 6.23 Å². The first-order chi connectivity index (χ1) is 11.5. The number of aliphatic carboxylic acids is 1. The Labute approximate surface area is 150 Å². The third-order valence-electron chi connectivity index (χ3n) is 3.92. The predicted molar refractivity (Wildman–Crippen MR) is 103 cm³/mol. The molecule has 0 heterocycles. The molecule has 4 nitrogen and oxygen atoms in total. The SMILES string of the molecule is CC(=O)O.CCCCCCCCCOC(N)CCCCCCCC. The standard InChI is InChI=1S/C18H39NO.C2H4O2/c1-3-5-7-9-11-13-15-17-20-18(19)16-14-12-10-8-6-4-2;1-2(3)4/h18H,3-17,19H2,1-2H3;1H3,(H,3,4). The summed E-state index contributed by atoms with van der Waals surface area (Å²) >= 11 is 0. The van der Waals surface area contributed by atoms with Crippen molar-refractivity contribution >= 4 is 5.97 Å². The minimum Gasteiger partial charge on any atom is -0.481 e. The van der Waals surface area contributed by atoms with Gasteiger partial charge in [-0.25, -0.2) is 0 Å². The predicted octanol–water partition coefficient (Wildman–Crippen LogP) is 5.88. The first kappa shape index (κ1) is 25.6. The van der Waals surface area contributed by atoms with Crippen LogP contribution in [0.25, 0.3) is 0 Å². The molecule has 0 aromatic rings. The van der Waals surface area contributed by atoms with E-state index in [1.165, 1.54) is 83.5 Å². The van der Waals surface area contributed by atoms with Crippen molar-refractivity contribution in [2.45, 2.75) is 117 Å². The van der Waals surface area contributed by atoms with Crippen LogP contribution in [0.2, 0.25) is 0 Å². The average molecular weight is 346 g/mol. The second kappa shape index (κ2) is 22.4. The van der Waals surface area contributed by atoms with Crippen LogP contribution >= 0.6 is 0 Å². The van der Waals surface area contributed by atoms with Crippen molar-refractivity contribution in [2.24, 2.45) is 5.73 Å². The van der Waals surface area contributed by atoms with Crippen LogP contribution in [0.4, 0.5) is 0 Å². The molecule has 1 atom stereocenters. The maximum Gasteiger partial charge on any atom is 0.300 e. The number of carbonyl (C=O) groups is 1. The Balaban J connectivity index is 0. The van der Waals surface area contributed by atoms with Gasteiger partial charge < -0.3 is 15.6 Å². The Hall–Kier alpha value is -0.610. The van der Waals surface area contributed by atoms with Gasteiger partial charge in [0, 0.05) is 13.5 Å². The molecule has 0 saturated heterocycles. The summed E-state index contributed by atoms with van der Waals surface area (Å²) in [6, 6.07) is 0. The molecule has 0 aliphatic heterocycles. The Kier molecular flexibility index (Phi) is 23.9. The van der Waals surface area contributed by atoms with Gasteiger partial charge in [-0.2, -0.15) is 0 Å². The van der Waals surface area contributed by atoms with Crippen molar-refractivity contribution in [1.29, 1.82) is 0 Å². The van der Waals surface area contributed by atoms with Crippen molar-refractivity contribution in [1.82, 2.24) is 0 Å². The van der Waals surface area contributed by atoms with E-state index in [2.05, 4.69) is 13.8 Å². The zero-order valence-corrected chi connectivity index (χ0v) is 16.5.